The molecule has 0 heterocycles. The van der Waals surface area contributed by atoms with Gasteiger partial charge in [-0.2, -0.15) is 0 Å². The molecule has 1 aromatic rings. The molecule has 0 saturated carbocycles. The SMILES string of the molecule is COCCOCCCC(CO)(CO)Cc1ccccc1. The molecule has 0 saturated heterocycles. The van der Waals surface area contributed by atoms with Crippen LogP contribution in [0.3, 0.4) is 0 Å². The number of methoxy groups -OCH3 is 1. The first kappa shape index (κ1) is 17.1. The zero-order chi connectivity index (χ0) is 14.7. The van der Waals surface area contributed by atoms with Gasteiger partial charge in [-0.15, -0.1) is 0 Å². The van der Waals surface area contributed by atoms with E-state index in [0.29, 0.717) is 26.2 Å². The van der Waals surface area contributed by atoms with E-state index in [9.17, 15) is 10.2 Å². The summed E-state index contributed by atoms with van der Waals surface area (Å²) in [6, 6.07) is 9.96. The van der Waals surface area contributed by atoms with Crippen molar-refractivity contribution in [2.24, 2.45) is 5.41 Å². The van der Waals surface area contributed by atoms with Crippen LogP contribution in [0.2, 0.25) is 0 Å². The molecule has 114 valence electrons. The second-order valence-electron chi connectivity index (χ2n) is 5.19. The van der Waals surface area contributed by atoms with Gasteiger partial charge in [-0.1, -0.05) is 30.3 Å². The fraction of sp³-hybridized carbons (Fsp3) is 0.625. The van der Waals surface area contributed by atoms with E-state index < -0.39 is 5.41 Å². The maximum atomic E-state index is 9.66. The van der Waals surface area contributed by atoms with Gasteiger partial charge in [0.05, 0.1) is 26.4 Å². The molecule has 4 heteroatoms. The Morgan fingerprint density at radius 2 is 1.70 bits per heavy atom. The molecule has 20 heavy (non-hydrogen) atoms. The zero-order valence-corrected chi connectivity index (χ0v) is 12.3. The molecule has 4 nitrogen and oxygen atoms in total. The van der Waals surface area contributed by atoms with Crippen LogP contribution in [0.4, 0.5) is 0 Å². The smallest absolute Gasteiger partial charge is 0.0700 e. The van der Waals surface area contributed by atoms with Gasteiger partial charge in [0, 0.05) is 19.1 Å². The quantitative estimate of drug-likeness (QED) is 0.606. The normalized spacial score (nSPS) is 11.8. The van der Waals surface area contributed by atoms with Crippen molar-refractivity contribution in [2.75, 3.05) is 40.1 Å². The van der Waals surface area contributed by atoms with Crippen molar-refractivity contribution < 1.29 is 19.7 Å². The third-order valence-electron chi connectivity index (χ3n) is 3.52. The predicted octanol–water partition coefficient (Wildman–Crippen LogP) is 1.64. The number of rotatable bonds is 11. The third-order valence-corrected chi connectivity index (χ3v) is 3.52. The van der Waals surface area contributed by atoms with Crippen LogP contribution in [0.1, 0.15) is 18.4 Å². The second kappa shape index (κ2) is 9.88. The second-order valence-corrected chi connectivity index (χ2v) is 5.19. The molecular weight excluding hydrogens is 256 g/mol. The average Bonchev–Trinajstić information content (AvgIpc) is 2.50. The number of aliphatic hydroxyl groups excluding tert-OH is 2. The van der Waals surface area contributed by atoms with Crippen molar-refractivity contribution in [1.29, 1.82) is 0 Å². The number of ether oxygens (including phenoxy) is 2. The van der Waals surface area contributed by atoms with Crippen molar-refractivity contribution in [1.82, 2.24) is 0 Å². The fourth-order valence-corrected chi connectivity index (χ4v) is 2.23. The summed E-state index contributed by atoms with van der Waals surface area (Å²) in [6.45, 7) is 1.77. The highest BCUT2D eigenvalue weighted by Crippen LogP contribution is 2.28. The molecule has 2 N–H and O–H groups in total. The highest BCUT2D eigenvalue weighted by atomic mass is 16.5. The molecule has 0 aliphatic rings. The molecule has 0 atom stereocenters. The Morgan fingerprint density at radius 3 is 2.30 bits per heavy atom. The topological polar surface area (TPSA) is 58.9 Å². The first-order valence-electron chi connectivity index (χ1n) is 7.09. The van der Waals surface area contributed by atoms with Gasteiger partial charge in [-0.3, -0.25) is 0 Å². The van der Waals surface area contributed by atoms with Crippen LogP contribution in [0.15, 0.2) is 30.3 Å². The largest absolute Gasteiger partial charge is 0.396 e. The lowest BCUT2D eigenvalue weighted by molar-refractivity contribution is 0.0281. The van der Waals surface area contributed by atoms with Gasteiger partial charge in [0.2, 0.25) is 0 Å². The summed E-state index contributed by atoms with van der Waals surface area (Å²) in [5.74, 6) is 0. The molecular formula is C16H26O4. The van der Waals surface area contributed by atoms with Crippen LogP contribution in [0.25, 0.3) is 0 Å². The Kier molecular flexibility index (Phi) is 8.46. The lowest BCUT2D eigenvalue weighted by atomic mass is 9.79. The summed E-state index contributed by atoms with van der Waals surface area (Å²) in [5.41, 5.74) is 0.669. The predicted molar refractivity (Wildman–Crippen MR) is 78.7 cm³/mol. The van der Waals surface area contributed by atoms with Gasteiger partial charge >= 0.3 is 0 Å². The molecule has 0 amide bonds. The number of aliphatic hydroxyl groups is 2. The first-order valence-corrected chi connectivity index (χ1v) is 7.09. The maximum Gasteiger partial charge on any atom is 0.0700 e. The Hall–Kier alpha value is -0.940. The summed E-state index contributed by atoms with van der Waals surface area (Å²) < 4.78 is 10.3. The van der Waals surface area contributed by atoms with Crippen molar-refractivity contribution >= 4 is 0 Å². The maximum absolute atomic E-state index is 9.66. The van der Waals surface area contributed by atoms with E-state index in [1.54, 1.807) is 7.11 Å². The Labute approximate surface area is 121 Å². The summed E-state index contributed by atoms with van der Waals surface area (Å²) in [4.78, 5) is 0. The molecule has 0 aliphatic carbocycles. The van der Waals surface area contributed by atoms with Crippen LogP contribution in [0.5, 0.6) is 0 Å². The third kappa shape index (κ3) is 6.01. The molecule has 1 aromatic carbocycles. The van der Waals surface area contributed by atoms with Crippen LogP contribution in [0, 0.1) is 5.41 Å². The number of hydrogen-bond acceptors (Lipinski definition) is 4. The van der Waals surface area contributed by atoms with Gasteiger partial charge in [-0.05, 0) is 24.8 Å². The van der Waals surface area contributed by atoms with E-state index in [0.717, 1.165) is 18.4 Å². The number of benzene rings is 1. The van der Waals surface area contributed by atoms with Crippen molar-refractivity contribution in [2.45, 2.75) is 19.3 Å². The molecule has 0 spiro atoms. The van der Waals surface area contributed by atoms with E-state index in [1.807, 2.05) is 30.3 Å². The molecule has 0 unspecified atom stereocenters. The van der Waals surface area contributed by atoms with E-state index >= 15 is 0 Å². The van der Waals surface area contributed by atoms with Crippen molar-refractivity contribution in [3.05, 3.63) is 35.9 Å². The monoisotopic (exact) mass is 282 g/mol. The van der Waals surface area contributed by atoms with E-state index in [-0.39, 0.29) is 13.2 Å². The molecule has 0 aromatic heterocycles. The zero-order valence-electron chi connectivity index (χ0n) is 12.3. The standard InChI is InChI=1S/C16H26O4/c1-19-10-11-20-9-5-8-16(13-17,14-18)12-15-6-3-2-4-7-15/h2-4,6-7,17-18H,5,8-14H2,1H3. The lowest BCUT2D eigenvalue weighted by Gasteiger charge is -2.30. The minimum Gasteiger partial charge on any atom is -0.396 e. The molecule has 0 aliphatic heterocycles. The van der Waals surface area contributed by atoms with Crippen LogP contribution >= 0.6 is 0 Å². The van der Waals surface area contributed by atoms with E-state index in [1.165, 1.54) is 0 Å². The van der Waals surface area contributed by atoms with E-state index in [4.69, 9.17) is 9.47 Å². The molecule has 1 rings (SSSR count). The lowest BCUT2D eigenvalue weighted by Crippen LogP contribution is -2.32. The highest BCUT2D eigenvalue weighted by molar-refractivity contribution is 5.16. The first-order chi connectivity index (χ1) is 9.76. The summed E-state index contributed by atoms with van der Waals surface area (Å²) >= 11 is 0. The van der Waals surface area contributed by atoms with Gasteiger partial charge in [-0.25, -0.2) is 0 Å². The van der Waals surface area contributed by atoms with Gasteiger partial charge in [0.15, 0.2) is 0 Å². The number of hydrogen-bond donors (Lipinski definition) is 2. The molecule has 0 fully saturated rings. The average molecular weight is 282 g/mol. The van der Waals surface area contributed by atoms with Gasteiger partial charge < -0.3 is 19.7 Å². The minimum atomic E-state index is -0.466. The fourth-order valence-electron chi connectivity index (χ4n) is 2.23. The van der Waals surface area contributed by atoms with Gasteiger partial charge in [0.1, 0.15) is 0 Å². The summed E-state index contributed by atoms with van der Waals surface area (Å²) in [7, 11) is 1.64. The summed E-state index contributed by atoms with van der Waals surface area (Å²) in [6.07, 6.45) is 2.23. The van der Waals surface area contributed by atoms with Crippen molar-refractivity contribution in [3.8, 4) is 0 Å². The van der Waals surface area contributed by atoms with Crippen molar-refractivity contribution in [3.63, 3.8) is 0 Å². The minimum absolute atomic E-state index is 0.0174. The van der Waals surface area contributed by atoms with Gasteiger partial charge in [0.25, 0.3) is 0 Å². The highest BCUT2D eigenvalue weighted by Gasteiger charge is 2.28. The Bertz CT molecular complexity index is 336. The molecule has 0 radical (unpaired) electrons. The Balaban J connectivity index is 2.41. The molecule has 0 bridgehead atoms. The summed E-state index contributed by atoms with van der Waals surface area (Å²) in [5, 5.41) is 19.3. The van der Waals surface area contributed by atoms with Crippen LogP contribution in [-0.2, 0) is 15.9 Å². The van der Waals surface area contributed by atoms with Crippen LogP contribution < -0.4 is 0 Å². The van der Waals surface area contributed by atoms with E-state index in [2.05, 4.69) is 0 Å². The Morgan fingerprint density at radius 1 is 1.00 bits per heavy atom. The van der Waals surface area contributed by atoms with Crippen LogP contribution in [-0.4, -0.2) is 50.4 Å².